The summed E-state index contributed by atoms with van der Waals surface area (Å²) in [5, 5.41) is 9.63. The van der Waals surface area contributed by atoms with Crippen molar-refractivity contribution in [2.24, 2.45) is 0 Å². The van der Waals surface area contributed by atoms with Crippen molar-refractivity contribution in [3.63, 3.8) is 0 Å². The molecule has 2 aromatic rings. The average molecular weight is 315 g/mol. The third-order valence-corrected chi connectivity index (χ3v) is 3.55. The van der Waals surface area contributed by atoms with E-state index in [1.54, 1.807) is 17.1 Å². The second-order valence-electron chi connectivity index (χ2n) is 5.29. The highest BCUT2D eigenvalue weighted by molar-refractivity contribution is 5.95. The number of fused-ring (bicyclic) bond motifs is 1. The second-order valence-corrected chi connectivity index (χ2v) is 5.29. The van der Waals surface area contributed by atoms with Gasteiger partial charge in [-0.05, 0) is 24.6 Å². The van der Waals surface area contributed by atoms with Crippen LogP contribution in [0.4, 0.5) is 5.69 Å². The van der Waals surface area contributed by atoms with Crippen LogP contribution in [0.1, 0.15) is 24.9 Å². The lowest BCUT2D eigenvalue weighted by Crippen LogP contribution is -2.28. The van der Waals surface area contributed by atoms with E-state index in [1.165, 1.54) is 6.33 Å². The third-order valence-electron chi connectivity index (χ3n) is 3.55. The fourth-order valence-electron chi connectivity index (χ4n) is 2.33. The first-order chi connectivity index (χ1) is 11.1. The van der Waals surface area contributed by atoms with Gasteiger partial charge in [-0.25, -0.2) is 4.98 Å². The summed E-state index contributed by atoms with van der Waals surface area (Å²) in [4.78, 5) is 27.2. The lowest BCUT2D eigenvalue weighted by Gasteiger charge is -2.21. The van der Waals surface area contributed by atoms with Gasteiger partial charge in [-0.2, -0.15) is 5.10 Å². The Morgan fingerprint density at radius 3 is 3.17 bits per heavy atom. The monoisotopic (exact) mass is 315 g/mol. The predicted octanol–water partition coefficient (Wildman–Crippen LogP) is 0.876. The van der Waals surface area contributed by atoms with Crippen molar-refractivity contribution in [3.05, 3.63) is 36.4 Å². The summed E-state index contributed by atoms with van der Waals surface area (Å²) in [5.41, 5.74) is 1.52. The molecule has 8 heteroatoms. The molecule has 0 fully saturated rings. The molecule has 23 heavy (non-hydrogen) atoms. The second kappa shape index (κ2) is 6.47. The number of ether oxygens (including phenoxy) is 1. The summed E-state index contributed by atoms with van der Waals surface area (Å²) < 4.78 is 6.92. The molecule has 0 bridgehead atoms. The van der Waals surface area contributed by atoms with Gasteiger partial charge in [0.25, 0.3) is 5.91 Å². The molecule has 2 heterocycles. The number of nitrogens with one attached hydrogen (secondary N) is 2. The molecule has 1 aliphatic heterocycles. The standard InChI is InChI=1S/C15H17N5O3/c1-10(18-14(21)4-5-20-9-16-8-17-20)11-2-3-13-12(6-11)19-15(22)7-23-13/h2-3,6,8-10H,4-5,7H2,1H3,(H,18,21)(H,19,22). The van der Waals surface area contributed by atoms with Crippen LogP contribution >= 0.6 is 0 Å². The molecule has 1 aromatic heterocycles. The Kier molecular flexibility index (Phi) is 4.22. The molecular formula is C15H17N5O3. The van der Waals surface area contributed by atoms with Gasteiger partial charge in [-0.3, -0.25) is 14.3 Å². The summed E-state index contributed by atoms with van der Waals surface area (Å²) in [7, 11) is 0. The van der Waals surface area contributed by atoms with Gasteiger partial charge in [0.15, 0.2) is 6.61 Å². The van der Waals surface area contributed by atoms with Crippen LogP contribution in [0, 0.1) is 0 Å². The van der Waals surface area contributed by atoms with E-state index < -0.39 is 0 Å². The molecule has 1 unspecified atom stereocenters. The molecule has 1 aromatic carbocycles. The highest BCUT2D eigenvalue weighted by atomic mass is 16.5. The highest BCUT2D eigenvalue weighted by Gasteiger charge is 2.18. The maximum atomic E-state index is 12.0. The first-order valence-corrected chi connectivity index (χ1v) is 7.30. The van der Waals surface area contributed by atoms with Crippen molar-refractivity contribution >= 4 is 17.5 Å². The first kappa shape index (κ1) is 15.0. The van der Waals surface area contributed by atoms with Crippen molar-refractivity contribution in [1.82, 2.24) is 20.1 Å². The quantitative estimate of drug-likeness (QED) is 0.853. The van der Waals surface area contributed by atoms with Crippen LogP contribution in [0.2, 0.25) is 0 Å². The lowest BCUT2D eigenvalue weighted by molar-refractivity contribution is -0.122. The molecule has 2 N–H and O–H groups in total. The van der Waals surface area contributed by atoms with Crippen LogP contribution in [-0.4, -0.2) is 33.2 Å². The van der Waals surface area contributed by atoms with Crippen LogP contribution in [0.25, 0.3) is 0 Å². The third kappa shape index (κ3) is 3.65. The molecule has 8 nitrogen and oxygen atoms in total. The summed E-state index contributed by atoms with van der Waals surface area (Å²) >= 11 is 0. The van der Waals surface area contributed by atoms with Gasteiger partial charge in [0.2, 0.25) is 5.91 Å². The number of amides is 2. The number of hydrogen-bond acceptors (Lipinski definition) is 5. The van der Waals surface area contributed by atoms with Crippen LogP contribution < -0.4 is 15.4 Å². The summed E-state index contributed by atoms with van der Waals surface area (Å²) in [5.74, 6) is 0.378. The van der Waals surface area contributed by atoms with Crippen molar-refractivity contribution in [3.8, 4) is 5.75 Å². The molecule has 0 spiro atoms. The number of aryl methyl sites for hydroxylation is 1. The Labute approximate surface area is 132 Å². The summed E-state index contributed by atoms with van der Waals surface area (Å²) in [6.45, 7) is 2.40. The maximum Gasteiger partial charge on any atom is 0.262 e. The average Bonchev–Trinajstić information content (AvgIpc) is 3.05. The molecule has 0 aliphatic carbocycles. The van der Waals surface area contributed by atoms with Gasteiger partial charge in [0, 0.05) is 6.42 Å². The zero-order valence-corrected chi connectivity index (χ0v) is 12.7. The molecule has 0 radical (unpaired) electrons. The van der Waals surface area contributed by atoms with Gasteiger partial charge in [-0.15, -0.1) is 0 Å². The Morgan fingerprint density at radius 1 is 1.52 bits per heavy atom. The normalized spacial score (nSPS) is 14.4. The zero-order valence-electron chi connectivity index (χ0n) is 12.7. The fourth-order valence-corrected chi connectivity index (χ4v) is 2.33. The van der Waals surface area contributed by atoms with Crippen molar-refractivity contribution < 1.29 is 14.3 Å². The predicted molar refractivity (Wildman–Crippen MR) is 81.8 cm³/mol. The fraction of sp³-hybridized carbons (Fsp3) is 0.333. The SMILES string of the molecule is CC(NC(=O)CCn1cncn1)c1ccc2c(c1)NC(=O)CO2. The van der Waals surface area contributed by atoms with E-state index in [2.05, 4.69) is 20.7 Å². The van der Waals surface area contributed by atoms with Crippen molar-refractivity contribution in [2.45, 2.75) is 25.9 Å². The number of carbonyl (C=O) groups is 2. The van der Waals surface area contributed by atoms with E-state index in [4.69, 9.17) is 4.74 Å². The number of carbonyl (C=O) groups excluding carboxylic acids is 2. The highest BCUT2D eigenvalue weighted by Crippen LogP contribution is 2.30. The maximum absolute atomic E-state index is 12.0. The molecule has 120 valence electrons. The van der Waals surface area contributed by atoms with E-state index in [-0.39, 0.29) is 24.5 Å². The first-order valence-electron chi connectivity index (χ1n) is 7.30. The Balaban J connectivity index is 1.59. The Bertz CT molecular complexity index is 714. The van der Waals surface area contributed by atoms with Gasteiger partial charge in [-0.1, -0.05) is 6.07 Å². The topological polar surface area (TPSA) is 98.1 Å². The van der Waals surface area contributed by atoms with Crippen molar-refractivity contribution in [1.29, 1.82) is 0 Å². The van der Waals surface area contributed by atoms with E-state index in [0.717, 1.165) is 5.56 Å². The minimum absolute atomic E-state index is 0.0287. The smallest absolute Gasteiger partial charge is 0.262 e. The van der Waals surface area contributed by atoms with Gasteiger partial charge >= 0.3 is 0 Å². The van der Waals surface area contributed by atoms with Crippen LogP contribution in [0.3, 0.4) is 0 Å². The minimum atomic E-state index is -0.181. The van der Waals surface area contributed by atoms with Gasteiger partial charge in [0.1, 0.15) is 18.4 Å². The molecule has 1 aliphatic rings. The molecule has 1 atom stereocenters. The molecule has 0 saturated carbocycles. The zero-order chi connectivity index (χ0) is 16.2. The van der Waals surface area contributed by atoms with Crippen molar-refractivity contribution in [2.75, 3.05) is 11.9 Å². The number of benzene rings is 1. The van der Waals surface area contributed by atoms with E-state index in [1.807, 2.05) is 19.1 Å². The lowest BCUT2D eigenvalue weighted by atomic mass is 10.1. The van der Waals surface area contributed by atoms with Crippen LogP contribution in [-0.2, 0) is 16.1 Å². The van der Waals surface area contributed by atoms with Crippen LogP contribution in [0.5, 0.6) is 5.75 Å². The Morgan fingerprint density at radius 2 is 2.39 bits per heavy atom. The van der Waals surface area contributed by atoms with Crippen LogP contribution in [0.15, 0.2) is 30.9 Å². The van der Waals surface area contributed by atoms with Gasteiger partial charge in [0.05, 0.1) is 18.3 Å². The number of anilines is 1. The van der Waals surface area contributed by atoms with Gasteiger partial charge < -0.3 is 15.4 Å². The number of hydrogen-bond donors (Lipinski definition) is 2. The van der Waals surface area contributed by atoms with E-state index >= 15 is 0 Å². The van der Waals surface area contributed by atoms with E-state index in [9.17, 15) is 9.59 Å². The summed E-state index contributed by atoms with van der Waals surface area (Å²) in [6.07, 6.45) is 3.32. The summed E-state index contributed by atoms with van der Waals surface area (Å²) in [6, 6.07) is 5.30. The molecule has 3 rings (SSSR count). The molecular weight excluding hydrogens is 298 g/mol. The molecule has 2 amide bonds. The molecule has 0 saturated heterocycles. The number of rotatable bonds is 5. The van der Waals surface area contributed by atoms with E-state index in [0.29, 0.717) is 24.4 Å². The number of nitrogens with zero attached hydrogens (tertiary/aromatic N) is 3. The largest absolute Gasteiger partial charge is 0.482 e. The number of aromatic nitrogens is 3. The Hall–Kier alpha value is -2.90. The minimum Gasteiger partial charge on any atom is -0.482 e.